The average molecular weight is 333 g/mol. The molecule has 2 rings (SSSR count). The first-order chi connectivity index (χ1) is 8.61. The second-order valence-electron chi connectivity index (χ2n) is 4.47. The lowest BCUT2D eigenvalue weighted by atomic mass is 10.1. The molecule has 0 amide bonds. The molecule has 1 saturated carbocycles. The summed E-state index contributed by atoms with van der Waals surface area (Å²) < 4.78 is 5.73. The standard InChI is InChI=1S/C13H15BrClNO2/c1-18-13(17)12(16-7-8-2-3-8)10-6-9(14)4-5-11(10)15/h4-6,8,12,16H,2-3,7H2,1H3. The van der Waals surface area contributed by atoms with Crippen molar-refractivity contribution in [2.24, 2.45) is 5.92 Å². The van der Waals surface area contributed by atoms with Gasteiger partial charge in [0.2, 0.25) is 0 Å². The molecule has 98 valence electrons. The monoisotopic (exact) mass is 331 g/mol. The zero-order chi connectivity index (χ0) is 13.1. The molecule has 1 aromatic rings. The van der Waals surface area contributed by atoms with Gasteiger partial charge >= 0.3 is 5.97 Å². The van der Waals surface area contributed by atoms with Crippen LogP contribution in [0.4, 0.5) is 0 Å². The van der Waals surface area contributed by atoms with Crippen molar-refractivity contribution in [2.75, 3.05) is 13.7 Å². The van der Waals surface area contributed by atoms with E-state index >= 15 is 0 Å². The van der Waals surface area contributed by atoms with E-state index in [1.54, 1.807) is 6.07 Å². The molecule has 1 atom stereocenters. The van der Waals surface area contributed by atoms with Crippen LogP contribution in [0.3, 0.4) is 0 Å². The fourth-order valence-electron chi connectivity index (χ4n) is 1.78. The highest BCUT2D eigenvalue weighted by molar-refractivity contribution is 9.10. The quantitative estimate of drug-likeness (QED) is 0.841. The van der Waals surface area contributed by atoms with Crippen LogP contribution in [0.2, 0.25) is 5.02 Å². The minimum absolute atomic E-state index is 0.310. The number of esters is 1. The summed E-state index contributed by atoms with van der Waals surface area (Å²) in [7, 11) is 1.39. The van der Waals surface area contributed by atoms with Crippen molar-refractivity contribution < 1.29 is 9.53 Å². The number of rotatable bonds is 5. The molecule has 1 N–H and O–H groups in total. The van der Waals surface area contributed by atoms with Crippen LogP contribution in [0, 0.1) is 5.92 Å². The molecule has 18 heavy (non-hydrogen) atoms. The predicted octanol–water partition coefficient (Wildman–Crippen LogP) is 3.32. The number of benzene rings is 1. The van der Waals surface area contributed by atoms with Gasteiger partial charge in [-0.3, -0.25) is 0 Å². The summed E-state index contributed by atoms with van der Waals surface area (Å²) in [5.74, 6) is 0.374. The van der Waals surface area contributed by atoms with Crippen LogP contribution < -0.4 is 5.32 Å². The van der Waals surface area contributed by atoms with E-state index in [0.717, 1.165) is 16.6 Å². The molecule has 0 spiro atoms. The second kappa shape index (κ2) is 6.04. The van der Waals surface area contributed by atoms with Crippen LogP contribution in [0.1, 0.15) is 24.4 Å². The second-order valence-corrected chi connectivity index (χ2v) is 5.80. The Labute approximate surface area is 120 Å². The summed E-state index contributed by atoms with van der Waals surface area (Å²) >= 11 is 9.54. The van der Waals surface area contributed by atoms with Crippen LogP contribution in [0.15, 0.2) is 22.7 Å². The highest BCUT2D eigenvalue weighted by atomic mass is 79.9. The van der Waals surface area contributed by atoms with Crippen molar-refractivity contribution in [2.45, 2.75) is 18.9 Å². The van der Waals surface area contributed by atoms with Gasteiger partial charge in [-0.15, -0.1) is 0 Å². The lowest BCUT2D eigenvalue weighted by Gasteiger charge is -2.18. The van der Waals surface area contributed by atoms with Gasteiger partial charge in [0.05, 0.1) is 7.11 Å². The molecule has 1 unspecified atom stereocenters. The van der Waals surface area contributed by atoms with E-state index in [4.69, 9.17) is 16.3 Å². The first kappa shape index (κ1) is 13.8. The Kier molecular flexibility index (Phi) is 4.65. The van der Waals surface area contributed by atoms with Crippen LogP contribution >= 0.6 is 27.5 Å². The van der Waals surface area contributed by atoms with Crippen molar-refractivity contribution in [1.29, 1.82) is 0 Å². The number of carbonyl (C=O) groups is 1. The lowest BCUT2D eigenvalue weighted by Crippen LogP contribution is -2.31. The summed E-state index contributed by atoms with van der Waals surface area (Å²) in [6.45, 7) is 0.822. The highest BCUT2D eigenvalue weighted by Gasteiger charge is 2.27. The smallest absolute Gasteiger partial charge is 0.327 e. The maximum absolute atomic E-state index is 11.9. The van der Waals surface area contributed by atoms with Crippen LogP contribution in [-0.4, -0.2) is 19.6 Å². The van der Waals surface area contributed by atoms with Crippen LogP contribution in [0.5, 0.6) is 0 Å². The number of carbonyl (C=O) groups excluding carboxylic acids is 1. The van der Waals surface area contributed by atoms with Gasteiger partial charge in [0.15, 0.2) is 0 Å². The van der Waals surface area contributed by atoms with Gasteiger partial charge < -0.3 is 10.1 Å². The zero-order valence-electron chi connectivity index (χ0n) is 10.1. The zero-order valence-corrected chi connectivity index (χ0v) is 12.4. The van der Waals surface area contributed by atoms with Crippen molar-refractivity contribution >= 4 is 33.5 Å². The highest BCUT2D eigenvalue weighted by Crippen LogP contribution is 2.31. The SMILES string of the molecule is COC(=O)C(NCC1CC1)c1cc(Br)ccc1Cl. The molecule has 0 aliphatic heterocycles. The third-order valence-corrected chi connectivity index (χ3v) is 3.85. The van der Waals surface area contributed by atoms with E-state index in [2.05, 4.69) is 21.2 Å². The van der Waals surface area contributed by atoms with Gasteiger partial charge in [0, 0.05) is 9.50 Å². The molecule has 0 bridgehead atoms. The van der Waals surface area contributed by atoms with Crippen molar-refractivity contribution in [1.82, 2.24) is 5.32 Å². The summed E-state index contributed by atoms with van der Waals surface area (Å²) in [5.41, 5.74) is 0.749. The Morgan fingerprint density at radius 3 is 2.94 bits per heavy atom. The molecule has 0 radical (unpaired) electrons. The van der Waals surface area contributed by atoms with Gasteiger partial charge in [-0.2, -0.15) is 0 Å². The van der Waals surface area contributed by atoms with Gasteiger partial charge in [-0.25, -0.2) is 4.79 Å². The molecule has 0 saturated heterocycles. The van der Waals surface area contributed by atoms with Crippen molar-refractivity contribution in [3.63, 3.8) is 0 Å². The maximum Gasteiger partial charge on any atom is 0.327 e. The first-order valence-corrected chi connectivity index (χ1v) is 7.05. The van der Waals surface area contributed by atoms with Gasteiger partial charge in [-0.05, 0) is 49.1 Å². The summed E-state index contributed by atoms with van der Waals surface area (Å²) in [6, 6.07) is 4.97. The number of methoxy groups -OCH3 is 1. The molecule has 1 aliphatic carbocycles. The number of hydrogen-bond acceptors (Lipinski definition) is 3. The van der Waals surface area contributed by atoms with Crippen molar-refractivity contribution in [3.8, 4) is 0 Å². The van der Waals surface area contributed by atoms with Crippen LogP contribution in [0.25, 0.3) is 0 Å². The molecule has 5 heteroatoms. The molecule has 3 nitrogen and oxygen atoms in total. The lowest BCUT2D eigenvalue weighted by molar-refractivity contribution is -0.143. The molecule has 1 aliphatic rings. The minimum atomic E-state index is -0.499. The number of halogens is 2. The average Bonchev–Trinajstić information content (AvgIpc) is 3.17. The van der Waals surface area contributed by atoms with Crippen molar-refractivity contribution in [3.05, 3.63) is 33.3 Å². The Bertz CT molecular complexity index is 449. The summed E-state index contributed by atoms with van der Waals surface area (Å²) in [5, 5.41) is 3.80. The molecule has 1 fully saturated rings. The third kappa shape index (κ3) is 3.46. The van der Waals surface area contributed by atoms with Crippen LogP contribution in [-0.2, 0) is 9.53 Å². The number of nitrogens with one attached hydrogen (secondary N) is 1. The fourth-order valence-corrected chi connectivity index (χ4v) is 2.39. The largest absolute Gasteiger partial charge is 0.468 e. The Morgan fingerprint density at radius 1 is 1.61 bits per heavy atom. The summed E-state index contributed by atoms with van der Waals surface area (Å²) in [4.78, 5) is 11.9. The Morgan fingerprint density at radius 2 is 2.33 bits per heavy atom. The number of ether oxygens (including phenoxy) is 1. The molecule has 0 heterocycles. The van der Waals surface area contributed by atoms with E-state index in [1.807, 2.05) is 12.1 Å². The minimum Gasteiger partial charge on any atom is -0.468 e. The van der Waals surface area contributed by atoms with Gasteiger partial charge in [0.1, 0.15) is 6.04 Å². The Hall–Kier alpha value is -0.580. The van der Waals surface area contributed by atoms with E-state index in [1.165, 1.54) is 20.0 Å². The van der Waals surface area contributed by atoms with E-state index < -0.39 is 6.04 Å². The normalized spacial score (nSPS) is 16.4. The van der Waals surface area contributed by atoms with Gasteiger partial charge in [0.25, 0.3) is 0 Å². The Balaban J connectivity index is 2.19. The maximum atomic E-state index is 11.9. The predicted molar refractivity (Wildman–Crippen MR) is 74.6 cm³/mol. The molecular formula is C13H15BrClNO2. The molecular weight excluding hydrogens is 318 g/mol. The van der Waals surface area contributed by atoms with E-state index in [9.17, 15) is 4.79 Å². The molecule has 0 aromatic heterocycles. The first-order valence-electron chi connectivity index (χ1n) is 5.88. The fraction of sp³-hybridized carbons (Fsp3) is 0.462. The topological polar surface area (TPSA) is 38.3 Å². The third-order valence-electron chi connectivity index (χ3n) is 3.01. The number of hydrogen-bond donors (Lipinski definition) is 1. The molecule has 1 aromatic carbocycles. The summed E-state index contributed by atoms with van der Waals surface area (Å²) in [6.07, 6.45) is 2.46. The van der Waals surface area contributed by atoms with E-state index in [0.29, 0.717) is 10.9 Å². The van der Waals surface area contributed by atoms with Gasteiger partial charge in [-0.1, -0.05) is 27.5 Å². The van der Waals surface area contributed by atoms with E-state index in [-0.39, 0.29) is 5.97 Å².